The summed E-state index contributed by atoms with van der Waals surface area (Å²) in [5.74, 6) is 1.21. The molecule has 1 aliphatic heterocycles. The molecule has 3 aromatic rings. The van der Waals surface area contributed by atoms with Crippen molar-refractivity contribution in [1.82, 2.24) is 29.7 Å². The van der Waals surface area contributed by atoms with Crippen molar-refractivity contribution in [3.8, 4) is 17.1 Å². The predicted octanol–water partition coefficient (Wildman–Crippen LogP) is 1.90. The third kappa shape index (κ3) is 2.12. The zero-order chi connectivity index (χ0) is 17.2. The smallest absolute Gasteiger partial charge is 0.241 e. The minimum absolute atomic E-state index is 0.101. The van der Waals surface area contributed by atoms with Crippen LogP contribution in [0.2, 0.25) is 0 Å². The maximum Gasteiger partial charge on any atom is 0.241 e. The number of aryl methyl sites for hydroxylation is 1. The lowest BCUT2D eigenvalue weighted by atomic mass is 9.58. The molecule has 3 aromatic heterocycles. The van der Waals surface area contributed by atoms with Crippen LogP contribution in [-0.4, -0.2) is 43.1 Å². The van der Waals surface area contributed by atoms with Crippen LogP contribution in [0.25, 0.3) is 16.8 Å². The topological polar surface area (TPSA) is 69.3 Å². The van der Waals surface area contributed by atoms with Gasteiger partial charge in [0.15, 0.2) is 0 Å². The van der Waals surface area contributed by atoms with Gasteiger partial charge in [0, 0.05) is 36.2 Å². The van der Waals surface area contributed by atoms with Crippen LogP contribution in [0.5, 0.6) is 5.88 Å². The Labute approximate surface area is 146 Å². The number of hydrogen-bond acceptors (Lipinski definition) is 5. The van der Waals surface area contributed by atoms with E-state index in [1.165, 1.54) is 0 Å². The van der Waals surface area contributed by atoms with Crippen LogP contribution in [0.4, 0.5) is 0 Å². The van der Waals surface area contributed by atoms with Crippen LogP contribution < -0.4 is 10.1 Å². The fraction of sp³-hybridized carbons (Fsp3) is 0.500. The summed E-state index contributed by atoms with van der Waals surface area (Å²) in [6.07, 6.45) is 8.80. The molecule has 1 N–H and O–H groups in total. The molecule has 25 heavy (non-hydrogen) atoms. The molecule has 0 bridgehead atoms. The fourth-order valence-electron chi connectivity index (χ4n) is 4.51. The number of nitrogens with one attached hydrogen (secondary N) is 1. The molecule has 2 fully saturated rings. The Hall–Kier alpha value is -2.41. The molecule has 3 unspecified atom stereocenters. The summed E-state index contributed by atoms with van der Waals surface area (Å²) in [4.78, 5) is 4.80. The first-order valence-corrected chi connectivity index (χ1v) is 8.77. The lowest BCUT2D eigenvalue weighted by molar-refractivity contribution is -0.0969. The van der Waals surface area contributed by atoms with E-state index in [1.54, 1.807) is 10.9 Å². The molecule has 2 aliphatic rings. The van der Waals surface area contributed by atoms with Gasteiger partial charge < -0.3 is 10.1 Å². The summed E-state index contributed by atoms with van der Waals surface area (Å²) in [6, 6.07) is 2.49. The number of nitrogens with zero attached hydrogens (tertiary/aromatic N) is 5. The van der Waals surface area contributed by atoms with Gasteiger partial charge >= 0.3 is 0 Å². The maximum absolute atomic E-state index is 6.48. The Kier molecular flexibility index (Phi) is 3.01. The number of rotatable bonds is 3. The highest BCUT2D eigenvalue weighted by Crippen LogP contribution is 2.51. The summed E-state index contributed by atoms with van der Waals surface area (Å²) in [5, 5.41) is 12.2. The SMILES string of the molecule is Cn1cc(-c2cn3nccc3c(OC3C4CCNC4C3(C)C)n2)cn1. The summed E-state index contributed by atoms with van der Waals surface area (Å²) in [6.45, 7) is 5.62. The minimum atomic E-state index is 0.101. The molecule has 5 rings (SSSR count). The first-order chi connectivity index (χ1) is 12.0. The van der Waals surface area contributed by atoms with E-state index in [4.69, 9.17) is 9.72 Å². The molecule has 1 saturated heterocycles. The van der Waals surface area contributed by atoms with E-state index >= 15 is 0 Å². The second-order valence-electron chi connectivity index (χ2n) is 7.74. The predicted molar refractivity (Wildman–Crippen MR) is 93.3 cm³/mol. The van der Waals surface area contributed by atoms with Crippen LogP contribution in [0.15, 0.2) is 30.9 Å². The average molecular weight is 338 g/mol. The van der Waals surface area contributed by atoms with E-state index < -0.39 is 0 Å². The first-order valence-electron chi connectivity index (χ1n) is 8.77. The van der Waals surface area contributed by atoms with Gasteiger partial charge in [0.2, 0.25) is 5.88 Å². The van der Waals surface area contributed by atoms with Crippen molar-refractivity contribution in [2.75, 3.05) is 6.54 Å². The molecule has 0 aromatic carbocycles. The zero-order valence-corrected chi connectivity index (χ0v) is 14.7. The highest BCUT2D eigenvalue weighted by molar-refractivity contribution is 5.63. The molecule has 7 heteroatoms. The first kappa shape index (κ1) is 14.9. The van der Waals surface area contributed by atoms with Crippen LogP contribution in [0, 0.1) is 11.3 Å². The van der Waals surface area contributed by atoms with Gasteiger partial charge in [0.05, 0.1) is 24.3 Å². The Morgan fingerprint density at radius 1 is 1.28 bits per heavy atom. The van der Waals surface area contributed by atoms with E-state index in [0.29, 0.717) is 17.8 Å². The monoisotopic (exact) mass is 338 g/mol. The third-order valence-corrected chi connectivity index (χ3v) is 5.79. The summed E-state index contributed by atoms with van der Waals surface area (Å²) < 4.78 is 10.1. The quantitative estimate of drug-likeness (QED) is 0.790. The fourth-order valence-corrected chi connectivity index (χ4v) is 4.51. The molecule has 4 heterocycles. The second kappa shape index (κ2) is 5.05. The van der Waals surface area contributed by atoms with Crippen molar-refractivity contribution < 1.29 is 4.74 Å². The van der Waals surface area contributed by atoms with Gasteiger partial charge in [0.1, 0.15) is 11.6 Å². The van der Waals surface area contributed by atoms with Gasteiger partial charge in [-0.25, -0.2) is 9.50 Å². The van der Waals surface area contributed by atoms with E-state index in [2.05, 4.69) is 29.4 Å². The van der Waals surface area contributed by atoms with Crippen LogP contribution in [0.1, 0.15) is 20.3 Å². The van der Waals surface area contributed by atoms with Gasteiger partial charge in [0.25, 0.3) is 0 Å². The average Bonchev–Trinajstić information content (AvgIpc) is 3.31. The Balaban J connectivity index is 1.55. The van der Waals surface area contributed by atoms with Crippen LogP contribution in [0.3, 0.4) is 0 Å². The summed E-state index contributed by atoms with van der Waals surface area (Å²) in [7, 11) is 1.90. The second-order valence-corrected chi connectivity index (χ2v) is 7.74. The zero-order valence-electron chi connectivity index (χ0n) is 14.7. The van der Waals surface area contributed by atoms with Crippen LogP contribution in [-0.2, 0) is 7.05 Å². The highest BCUT2D eigenvalue weighted by atomic mass is 16.5. The largest absolute Gasteiger partial charge is 0.472 e. The van der Waals surface area contributed by atoms with Gasteiger partial charge in [-0.2, -0.15) is 10.2 Å². The Morgan fingerprint density at radius 3 is 2.96 bits per heavy atom. The maximum atomic E-state index is 6.48. The van der Waals surface area contributed by atoms with Crippen molar-refractivity contribution in [2.24, 2.45) is 18.4 Å². The molecule has 0 radical (unpaired) electrons. The molecule has 0 spiro atoms. The van der Waals surface area contributed by atoms with E-state index in [0.717, 1.165) is 29.7 Å². The van der Waals surface area contributed by atoms with Crippen molar-refractivity contribution in [3.05, 3.63) is 30.9 Å². The standard InChI is InChI=1S/C18H22N6O/c1-18(2)15-12(4-6-19-15)16(18)25-17-14-5-7-20-24(14)10-13(22-17)11-8-21-23(3)9-11/h5,7-10,12,15-16,19H,4,6H2,1-3H3. The van der Waals surface area contributed by atoms with Gasteiger partial charge in [-0.05, 0) is 19.0 Å². The van der Waals surface area contributed by atoms with Gasteiger partial charge in [-0.3, -0.25) is 4.68 Å². The molecule has 1 saturated carbocycles. The lowest BCUT2D eigenvalue weighted by Crippen LogP contribution is -2.65. The van der Waals surface area contributed by atoms with Crippen molar-refractivity contribution in [1.29, 1.82) is 0 Å². The van der Waals surface area contributed by atoms with Gasteiger partial charge in [-0.1, -0.05) is 13.8 Å². The molecule has 1 aliphatic carbocycles. The molecular formula is C18H22N6O. The summed E-state index contributed by atoms with van der Waals surface area (Å²) in [5.41, 5.74) is 2.78. The minimum Gasteiger partial charge on any atom is -0.472 e. The molecular weight excluding hydrogens is 316 g/mol. The molecule has 7 nitrogen and oxygen atoms in total. The third-order valence-electron chi connectivity index (χ3n) is 5.79. The van der Waals surface area contributed by atoms with E-state index in [-0.39, 0.29) is 11.5 Å². The lowest BCUT2D eigenvalue weighted by Gasteiger charge is -2.54. The number of ether oxygens (including phenoxy) is 1. The van der Waals surface area contributed by atoms with Gasteiger partial charge in [-0.15, -0.1) is 0 Å². The summed E-state index contributed by atoms with van der Waals surface area (Å²) >= 11 is 0. The Morgan fingerprint density at radius 2 is 2.16 bits per heavy atom. The normalized spacial score (nSPS) is 27.2. The highest BCUT2D eigenvalue weighted by Gasteiger charge is 2.60. The number of aromatic nitrogens is 5. The Bertz CT molecular complexity index is 942. The molecule has 130 valence electrons. The number of hydrogen-bond donors (Lipinski definition) is 1. The molecule has 0 amide bonds. The van der Waals surface area contributed by atoms with Crippen molar-refractivity contribution in [3.63, 3.8) is 0 Å². The van der Waals surface area contributed by atoms with Crippen molar-refractivity contribution >= 4 is 5.52 Å². The van der Waals surface area contributed by atoms with E-state index in [1.807, 2.05) is 36.2 Å². The number of fused-ring (bicyclic) bond motifs is 2. The van der Waals surface area contributed by atoms with E-state index in [9.17, 15) is 0 Å². The molecule has 3 atom stereocenters. The van der Waals surface area contributed by atoms with Crippen LogP contribution >= 0.6 is 0 Å². The van der Waals surface area contributed by atoms with Crippen molar-refractivity contribution in [2.45, 2.75) is 32.4 Å².